The molecule has 162 valence electrons. The van der Waals surface area contributed by atoms with Gasteiger partial charge in [-0.1, -0.05) is 0 Å². The summed E-state index contributed by atoms with van der Waals surface area (Å²) in [6, 6.07) is 8.26. The van der Waals surface area contributed by atoms with Crippen molar-refractivity contribution in [1.82, 2.24) is 9.62 Å². The Morgan fingerprint density at radius 1 is 1.00 bits per heavy atom. The zero-order chi connectivity index (χ0) is 21.0. The first-order valence-corrected chi connectivity index (χ1v) is 11.3. The molecular formula is C20H25N3O6S. The van der Waals surface area contributed by atoms with E-state index >= 15 is 0 Å². The van der Waals surface area contributed by atoms with Crippen LogP contribution in [-0.4, -0.2) is 71.2 Å². The number of hydrogen-bond donors (Lipinski definition) is 1. The van der Waals surface area contributed by atoms with Crippen LogP contribution in [0.25, 0.3) is 0 Å². The highest BCUT2D eigenvalue weighted by atomic mass is 32.2. The van der Waals surface area contributed by atoms with Crippen LogP contribution in [0.1, 0.15) is 16.1 Å². The lowest BCUT2D eigenvalue weighted by atomic mass is 10.1. The predicted molar refractivity (Wildman–Crippen MR) is 109 cm³/mol. The van der Waals surface area contributed by atoms with E-state index in [-0.39, 0.29) is 17.3 Å². The lowest BCUT2D eigenvalue weighted by Gasteiger charge is -2.31. The maximum Gasteiger partial charge on any atom is 0.253 e. The number of ether oxygens (including phenoxy) is 2. The third-order valence-electron chi connectivity index (χ3n) is 5.18. The van der Waals surface area contributed by atoms with Gasteiger partial charge in [-0.3, -0.25) is 4.79 Å². The molecule has 0 saturated carbocycles. The van der Waals surface area contributed by atoms with E-state index in [0.717, 1.165) is 0 Å². The van der Waals surface area contributed by atoms with Gasteiger partial charge in [-0.25, -0.2) is 8.42 Å². The van der Waals surface area contributed by atoms with E-state index in [2.05, 4.69) is 5.32 Å². The molecule has 3 heterocycles. The van der Waals surface area contributed by atoms with Crippen molar-refractivity contribution in [2.45, 2.75) is 11.4 Å². The van der Waals surface area contributed by atoms with E-state index in [4.69, 9.17) is 13.9 Å². The van der Waals surface area contributed by atoms with Gasteiger partial charge in [0, 0.05) is 31.9 Å². The number of anilines is 1. The molecule has 0 aliphatic carbocycles. The van der Waals surface area contributed by atoms with E-state index < -0.39 is 10.0 Å². The molecule has 1 aromatic carbocycles. The van der Waals surface area contributed by atoms with Crippen LogP contribution in [0.3, 0.4) is 0 Å². The summed E-state index contributed by atoms with van der Waals surface area (Å²) >= 11 is 0. The number of sulfonamides is 1. The molecule has 1 N–H and O–H groups in total. The molecule has 0 unspecified atom stereocenters. The van der Waals surface area contributed by atoms with Crippen molar-refractivity contribution in [1.29, 1.82) is 0 Å². The van der Waals surface area contributed by atoms with Gasteiger partial charge in [-0.05, 0) is 30.3 Å². The Balaban J connectivity index is 1.64. The maximum absolute atomic E-state index is 13.1. The Morgan fingerprint density at radius 3 is 2.37 bits per heavy atom. The van der Waals surface area contributed by atoms with Gasteiger partial charge in [0.2, 0.25) is 10.0 Å². The highest BCUT2D eigenvalue weighted by molar-refractivity contribution is 7.89. The Morgan fingerprint density at radius 2 is 1.70 bits per heavy atom. The minimum absolute atomic E-state index is 0.101. The van der Waals surface area contributed by atoms with Crippen LogP contribution < -0.4 is 10.2 Å². The normalized spacial score (nSPS) is 18.3. The number of morpholine rings is 2. The van der Waals surface area contributed by atoms with Crippen molar-refractivity contribution in [2.24, 2.45) is 0 Å². The molecule has 0 atom stereocenters. The standard InChI is InChI=1S/C20H25N3O6S/c24-20(21-15-16-2-1-9-29-16)18-14-17(30(25,26)23-7-12-28-13-8-23)3-4-19(18)22-5-10-27-11-6-22/h1-4,9,14H,5-8,10-13,15H2,(H,21,24). The summed E-state index contributed by atoms with van der Waals surface area (Å²) in [5.74, 6) is 0.264. The Labute approximate surface area is 175 Å². The molecule has 2 aliphatic heterocycles. The number of nitrogens with one attached hydrogen (secondary N) is 1. The lowest BCUT2D eigenvalue weighted by molar-refractivity contribution is 0.0730. The maximum atomic E-state index is 13.1. The number of carbonyl (C=O) groups excluding carboxylic acids is 1. The largest absolute Gasteiger partial charge is 0.467 e. The first-order valence-electron chi connectivity index (χ1n) is 9.91. The van der Waals surface area contributed by atoms with E-state index in [1.54, 1.807) is 24.3 Å². The summed E-state index contributed by atoms with van der Waals surface area (Å²) in [7, 11) is -3.71. The highest BCUT2D eigenvalue weighted by Crippen LogP contribution is 2.27. The molecule has 2 fully saturated rings. The molecule has 10 heteroatoms. The quantitative estimate of drug-likeness (QED) is 0.724. The molecule has 2 aliphatic rings. The van der Waals surface area contributed by atoms with Crippen molar-refractivity contribution in [3.63, 3.8) is 0 Å². The summed E-state index contributed by atoms with van der Waals surface area (Å²) in [5.41, 5.74) is 1.01. The van der Waals surface area contributed by atoms with E-state index in [9.17, 15) is 13.2 Å². The fraction of sp³-hybridized carbons (Fsp3) is 0.450. The molecule has 0 spiro atoms. The second kappa shape index (κ2) is 9.17. The van der Waals surface area contributed by atoms with Crippen LogP contribution in [0, 0.1) is 0 Å². The summed E-state index contributed by atoms with van der Waals surface area (Å²) < 4.78 is 43.5. The van der Waals surface area contributed by atoms with Gasteiger partial charge in [-0.15, -0.1) is 0 Å². The van der Waals surface area contributed by atoms with Crippen LogP contribution >= 0.6 is 0 Å². The van der Waals surface area contributed by atoms with E-state index in [1.807, 2.05) is 4.90 Å². The Kier molecular flexibility index (Phi) is 6.38. The third kappa shape index (κ3) is 4.51. The monoisotopic (exact) mass is 435 g/mol. The molecule has 1 aromatic heterocycles. The predicted octanol–water partition coefficient (Wildman–Crippen LogP) is 1.07. The molecule has 0 radical (unpaired) electrons. The van der Waals surface area contributed by atoms with E-state index in [0.29, 0.717) is 69.6 Å². The summed E-state index contributed by atoms with van der Waals surface area (Å²) in [4.78, 5) is 15.2. The molecule has 1 amide bonds. The highest BCUT2D eigenvalue weighted by Gasteiger charge is 2.29. The van der Waals surface area contributed by atoms with Crippen LogP contribution in [0.15, 0.2) is 45.9 Å². The molecular weight excluding hydrogens is 410 g/mol. The molecule has 2 saturated heterocycles. The number of hydrogen-bond acceptors (Lipinski definition) is 7. The average molecular weight is 436 g/mol. The van der Waals surface area contributed by atoms with Crippen LogP contribution in [0.4, 0.5) is 5.69 Å². The van der Waals surface area contributed by atoms with Gasteiger partial charge in [-0.2, -0.15) is 4.31 Å². The van der Waals surface area contributed by atoms with Crippen molar-refractivity contribution in [3.8, 4) is 0 Å². The van der Waals surface area contributed by atoms with Crippen molar-refractivity contribution < 1.29 is 27.1 Å². The van der Waals surface area contributed by atoms with Gasteiger partial charge in [0.1, 0.15) is 5.76 Å². The molecule has 30 heavy (non-hydrogen) atoms. The van der Waals surface area contributed by atoms with Crippen molar-refractivity contribution in [2.75, 3.05) is 57.5 Å². The second-order valence-electron chi connectivity index (χ2n) is 7.06. The molecule has 4 rings (SSSR count). The Hall–Kier alpha value is -2.40. The van der Waals surface area contributed by atoms with Crippen molar-refractivity contribution in [3.05, 3.63) is 47.9 Å². The SMILES string of the molecule is O=C(NCc1ccco1)c1cc(S(=O)(=O)N2CCOCC2)ccc1N1CCOCC1. The van der Waals surface area contributed by atoms with Gasteiger partial charge in [0.05, 0.1) is 49.7 Å². The molecule has 2 aromatic rings. The summed E-state index contributed by atoms with van der Waals surface area (Å²) in [6.45, 7) is 3.92. The number of carbonyl (C=O) groups is 1. The zero-order valence-corrected chi connectivity index (χ0v) is 17.4. The van der Waals surface area contributed by atoms with Gasteiger partial charge < -0.3 is 24.1 Å². The second-order valence-corrected chi connectivity index (χ2v) is 8.99. The molecule has 9 nitrogen and oxygen atoms in total. The first kappa shape index (κ1) is 20.9. The minimum Gasteiger partial charge on any atom is -0.467 e. The van der Waals surface area contributed by atoms with Crippen LogP contribution in [-0.2, 0) is 26.0 Å². The van der Waals surface area contributed by atoms with E-state index in [1.165, 1.54) is 16.6 Å². The van der Waals surface area contributed by atoms with Gasteiger partial charge in [0.15, 0.2) is 0 Å². The van der Waals surface area contributed by atoms with Gasteiger partial charge in [0.25, 0.3) is 5.91 Å². The average Bonchev–Trinajstić information content (AvgIpc) is 3.32. The lowest BCUT2D eigenvalue weighted by Crippen LogP contribution is -2.41. The zero-order valence-electron chi connectivity index (χ0n) is 16.6. The fourth-order valence-corrected chi connectivity index (χ4v) is 4.98. The first-order chi connectivity index (χ1) is 14.6. The topological polar surface area (TPSA) is 101 Å². The number of rotatable bonds is 6. The third-order valence-corrected chi connectivity index (χ3v) is 7.07. The number of benzene rings is 1. The minimum atomic E-state index is -3.71. The number of amides is 1. The number of nitrogens with zero attached hydrogens (tertiary/aromatic N) is 2. The fourth-order valence-electron chi connectivity index (χ4n) is 3.55. The smallest absolute Gasteiger partial charge is 0.253 e. The van der Waals surface area contributed by atoms with Gasteiger partial charge >= 0.3 is 0 Å². The molecule has 0 bridgehead atoms. The summed E-state index contributed by atoms with van der Waals surface area (Å²) in [6.07, 6.45) is 1.54. The van der Waals surface area contributed by atoms with Crippen molar-refractivity contribution >= 4 is 21.6 Å². The van der Waals surface area contributed by atoms with Crippen LogP contribution in [0.5, 0.6) is 0 Å². The Bertz CT molecular complexity index is 964. The summed E-state index contributed by atoms with van der Waals surface area (Å²) in [5, 5.41) is 2.82. The van der Waals surface area contributed by atoms with Crippen LogP contribution in [0.2, 0.25) is 0 Å². The number of furan rings is 1.